The van der Waals surface area contributed by atoms with Crippen LogP contribution < -0.4 is 15.4 Å². The number of nitrogens with one attached hydrogen (secondary N) is 2. The minimum atomic E-state index is -0.396. The van der Waals surface area contributed by atoms with Gasteiger partial charge >= 0.3 is 0 Å². The average molecular weight is 485 g/mol. The molecule has 35 heavy (non-hydrogen) atoms. The first-order valence-corrected chi connectivity index (χ1v) is 13.6. The van der Waals surface area contributed by atoms with Crippen LogP contribution in [0.25, 0.3) is 0 Å². The van der Waals surface area contributed by atoms with E-state index in [2.05, 4.69) is 32.6 Å². The summed E-state index contributed by atoms with van der Waals surface area (Å²) in [5.41, 5.74) is 1.31. The largest absolute Gasteiger partial charge is 0.497 e. The molecule has 3 aliphatic rings. The molecule has 2 aliphatic heterocycles. The zero-order valence-electron chi connectivity index (χ0n) is 21.8. The van der Waals surface area contributed by atoms with Crippen LogP contribution in [0.2, 0.25) is 0 Å². The maximum atomic E-state index is 14.0. The second kappa shape index (κ2) is 12.2. The molecule has 7 nitrogen and oxygen atoms in total. The van der Waals surface area contributed by atoms with Crippen molar-refractivity contribution in [2.24, 2.45) is 11.8 Å². The highest BCUT2D eigenvalue weighted by atomic mass is 16.5. The van der Waals surface area contributed by atoms with Gasteiger partial charge in [-0.3, -0.25) is 9.59 Å². The van der Waals surface area contributed by atoms with Gasteiger partial charge < -0.3 is 25.2 Å². The Kier molecular flexibility index (Phi) is 9.06. The van der Waals surface area contributed by atoms with E-state index in [9.17, 15) is 9.59 Å². The molecule has 4 atom stereocenters. The van der Waals surface area contributed by atoms with E-state index in [0.29, 0.717) is 5.92 Å². The number of carbonyl (C=O) groups excluding carboxylic acids is 2. The number of likely N-dealkylation sites (tertiary alicyclic amines) is 2. The topological polar surface area (TPSA) is 73.9 Å². The molecular weight excluding hydrogens is 440 g/mol. The van der Waals surface area contributed by atoms with Crippen LogP contribution in [0.1, 0.15) is 57.4 Å². The monoisotopic (exact) mass is 484 g/mol. The predicted molar refractivity (Wildman–Crippen MR) is 138 cm³/mol. The third-order valence-corrected chi connectivity index (χ3v) is 8.62. The summed E-state index contributed by atoms with van der Waals surface area (Å²) in [6.07, 6.45) is 8.82. The van der Waals surface area contributed by atoms with Crippen molar-refractivity contribution in [1.82, 2.24) is 20.4 Å². The maximum absolute atomic E-state index is 14.0. The lowest BCUT2D eigenvalue weighted by molar-refractivity contribution is -0.140. The van der Waals surface area contributed by atoms with Gasteiger partial charge in [0.15, 0.2) is 0 Å². The minimum absolute atomic E-state index is 0.0723. The summed E-state index contributed by atoms with van der Waals surface area (Å²) < 4.78 is 5.27. The van der Waals surface area contributed by atoms with E-state index in [1.54, 1.807) is 14.2 Å². The first-order chi connectivity index (χ1) is 17.0. The van der Waals surface area contributed by atoms with Gasteiger partial charge in [-0.05, 0) is 82.2 Å². The fourth-order valence-corrected chi connectivity index (χ4v) is 6.20. The number of benzene rings is 1. The summed E-state index contributed by atoms with van der Waals surface area (Å²) in [5.74, 6) is 1.79. The highest BCUT2D eigenvalue weighted by molar-refractivity contribution is 5.90. The van der Waals surface area contributed by atoms with Crippen LogP contribution in [0.4, 0.5) is 0 Å². The van der Waals surface area contributed by atoms with E-state index >= 15 is 0 Å². The first kappa shape index (κ1) is 26.0. The van der Waals surface area contributed by atoms with Gasteiger partial charge in [-0.15, -0.1) is 0 Å². The number of methoxy groups -OCH3 is 1. The van der Waals surface area contributed by atoms with Gasteiger partial charge in [-0.25, -0.2) is 0 Å². The predicted octanol–water partition coefficient (Wildman–Crippen LogP) is 2.83. The molecule has 2 heterocycles. The van der Waals surface area contributed by atoms with Crippen molar-refractivity contribution in [3.63, 3.8) is 0 Å². The Morgan fingerprint density at radius 2 is 1.77 bits per heavy atom. The van der Waals surface area contributed by atoms with Crippen molar-refractivity contribution in [1.29, 1.82) is 0 Å². The summed E-state index contributed by atoms with van der Waals surface area (Å²) in [5, 5.41) is 6.18. The Morgan fingerprint density at radius 3 is 2.46 bits per heavy atom. The van der Waals surface area contributed by atoms with Gasteiger partial charge in [0, 0.05) is 25.7 Å². The molecule has 0 bridgehead atoms. The van der Waals surface area contributed by atoms with Gasteiger partial charge in [0.25, 0.3) is 0 Å². The van der Waals surface area contributed by atoms with Crippen LogP contribution in [0.5, 0.6) is 5.75 Å². The zero-order chi connectivity index (χ0) is 24.8. The Balaban J connectivity index is 1.40. The van der Waals surface area contributed by atoms with E-state index in [-0.39, 0.29) is 29.8 Å². The van der Waals surface area contributed by atoms with E-state index in [4.69, 9.17) is 4.74 Å². The molecule has 2 amide bonds. The molecule has 7 heteroatoms. The molecule has 0 spiro atoms. The van der Waals surface area contributed by atoms with Crippen molar-refractivity contribution in [3.8, 4) is 5.75 Å². The lowest BCUT2D eigenvalue weighted by Gasteiger charge is -2.41. The quantitative estimate of drug-likeness (QED) is 0.564. The Hall–Kier alpha value is -2.12. The van der Waals surface area contributed by atoms with Gasteiger partial charge in [0.2, 0.25) is 11.8 Å². The molecule has 0 aromatic heterocycles. The molecule has 1 aromatic carbocycles. The van der Waals surface area contributed by atoms with Crippen LogP contribution in [-0.2, 0) is 16.0 Å². The third kappa shape index (κ3) is 6.36. The lowest BCUT2D eigenvalue weighted by atomic mass is 9.83. The van der Waals surface area contributed by atoms with Crippen molar-refractivity contribution in [2.75, 3.05) is 40.3 Å². The highest BCUT2D eigenvalue weighted by Gasteiger charge is 2.44. The van der Waals surface area contributed by atoms with Crippen LogP contribution in [0.15, 0.2) is 24.3 Å². The molecule has 1 aliphatic carbocycles. The number of rotatable bonds is 9. The number of ether oxygens (including phenoxy) is 1. The van der Waals surface area contributed by atoms with Crippen LogP contribution >= 0.6 is 0 Å². The van der Waals surface area contributed by atoms with Crippen molar-refractivity contribution in [2.45, 2.75) is 76.4 Å². The van der Waals surface area contributed by atoms with Crippen molar-refractivity contribution < 1.29 is 14.3 Å². The second-order valence-corrected chi connectivity index (χ2v) is 10.7. The van der Waals surface area contributed by atoms with Gasteiger partial charge in [0.1, 0.15) is 11.8 Å². The second-order valence-electron chi connectivity index (χ2n) is 10.7. The standard InChI is InChI=1S/C28H44N4O3/c1-20(29-2)27(33)30-26(23-7-5-4-6-8-23)28(34)32-18-15-22-14-17-31(19-25(22)32)16-13-21-9-11-24(35-3)12-10-21/h9-12,20,22-23,25-26,29H,4-8,13-19H2,1-3H3,(H,30,33)/t20-,22-,25-,26-/m0/s1. The van der Waals surface area contributed by atoms with Gasteiger partial charge in [-0.2, -0.15) is 0 Å². The smallest absolute Gasteiger partial charge is 0.245 e. The van der Waals surface area contributed by atoms with Crippen LogP contribution in [0.3, 0.4) is 0 Å². The molecule has 194 valence electrons. The molecule has 1 aromatic rings. The number of amides is 2. The molecule has 0 unspecified atom stereocenters. The summed E-state index contributed by atoms with van der Waals surface area (Å²) >= 11 is 0. The number of piperidine rings is 1. The number of hydrogen-bond donors (Lipinski definition) is 2. The fourth-order valence-electron chi connectivity index (χ4n) is 6.20. The summed E-state index contributed by atoms with van der Waals surface area (Å²) in [7, 11) is 3.48. The van der Waals surface area contributed by atoms with Crippen molar-refractivity contribution >= 4 is 11.8 Å². The van der Waals surface area contributed by atoms with Crippen LogP contribution in [0, 0.1) is 11.8 Å². The third-order valence-electron chi connectivity index (χ3n) is 8.62. The lowest BCUT2D eigenvalue weighted by Crippen LogP contribution is -2.58. The Morgan fingerprint density at radius 1 is 1.06 bits per heavy atom. The van der Waals surface area contributed by atoms with Crippen molar-refractivity contribution in [3.05, 3.63) is 29.8 Å². The Bertz CT molecular complexity index is 839. The summed E-state index contributed by atoms with van der Waals surface area (Å²) in [6, 6.07) is 7.88. The molecule has 2 saturated heterocycles. The average Bonchev–Trinajstić information content (AvgIpc) is 3.33. The van der Waals surface area contributed by atoms with E-state index < -0.39 is 6.04 Å². The van der Waals surface area contributed by atoms with Gasteiger partial charge in [-0.1, -0.05) is 31.4 Å². The fraction of sp³-hybridized carbons (Fsp3) is 0.714. The maximum Gasteiger partial charge on any atom is 0.245 e. The van der Waals surface area contributed by atoms with E-state index in [1.807, 2.05) is 19.1 Å². The zero-order valence-corrected chi connectivity index (χ0v) is 21.8. The molecule has 0 radical (unpaired) electrons. The summed E-state index contributed by atoms with van der Waals surface area (Å²) in [4.78, 5) is 31.4. The van der Waals surface area contributed by atoms with Gasteiger partial charge in [0.05, 0.1) is 13.2 Å². The van der Waals surface area contributed by atoms with E-state index in [1.165, 1.54) is 12.0 Å². The normalized spacial score (nSPS) is 25.1. The van der Waals surface area contributed by atoms with Crippen LogP contribution in [-0.4, -0.2) is 80.1 Å². The van der Waals surface area contributed by atoms with E-state index in [0.717, 1.165) is 76.9 Å². The highest BCUT2D eigenvalue weighted by Crippen LogP contribution is 2.34. The first-order valence-electron chi connectivity index (χ1n) is 13.6. The number of hydrogen-bond acceptors (Lipinski definition) is 5. The molecule has 2 N–H and O–H groups in total. The number of carbonyl (C=O) groups is 2. The minimum Gasteiger partial charge on any atom is -0.497 e. The number of fused-ring (bicyclic) bond motifs is 1. The number of nitrogens with zero attached hydrogens (tertiary/aromatic N) is 2. The molecule has 4 rings (SSSR count). The number of likely N-dealkylation sites (N-methyl/N-ethyl adjacent to an activating group) is 1. The summed E-state index contributed by atoms with van der Waals surface area (Å²) in [6.45, 7) is 5.71. The molecular formula is C28H44N4O3. The SMILES string of the molecule is CN[C@@H](C)C(=O)N[C@H](C(=O)N1CC[C@@H]2CCN(CCc3ccc(OC)cc3)C[C@@H]21)C1CCCCC1. The Labute approximate surface area is 210 Å². The molecule has 1 saturated carbocycles. The molecule has 3 fully saturated rings.